The molecule has 1 fully saturated rings. The van der Waals surface area contributed by atoms with E-state index in [0.29, 0.717) is 17.9 Å². The fourth-order valence-corrected chi connectivity index (χ4v) is 7.16. The van der Waals surface area contributed by atoms with Crippen LogP contribution in [-0.4, -0.2) is 51.8 Å². The minimum atomic E-state index is -0.715. The molecule has 4 aromatic carbocycles. The lowest BCUT2D eigenvalue weighted by Crippen LogP contribution is -2.46. The van der Waals surface area contributed by atoms with Gasteiger partial charge in [0.25, 0.3) is 5.91 Å². The van der Waals surface area contributed by atoms with Gasteiger partial charge in [-0.05, 0) is 84.5 Å². The summed E-state index contributed by atoms with van der Waals surface area (Å²) in [5.41, 5.74) is 4.42. The fourth-order valence-electron chi connectivity index (χ4n) is 6.77. The number of benzene rings is 4. The van der Waals surface area contributed by atoms with Crippen LogP contribution in [0.1, 0.15) is 47.2 Å². The van der Waals surface area contributed by atoms with Crippen molar-refractivity contribution in [1.29, 1.82) is 0 Å². The number of para-hydroxylation sites is 1. The Kier molecular flexibility index (Phi) is 10.4. The first-order valence-corrected chi connectivity index (χ1v) is 18.1. The summed E-state index contributed by atoms with van der Waals surface area (Å²) in [5.74, 6) is 1.47. The molecule has 0 aromatic heterocycles. The van der Waals surface area contributed by atoms with E-state index in [-0.39, 0.29) is 20.8 Å². The van der Waals surface area contributed by atoms with Crippen LogP contribution in [0.25, 0.3) is 11.1 Å². The zero-order chi connectivity index (χ0) is 32.1. The number of unbranched alkanes of at least 4 members (excludes halogenated alkanes) is 1. The summed E-state index contributed by atoms with van der Waals surface area (Å²) >= 11 is 2.33. The molecule has 1 aliphatic heterocycles. The first-order chi connectivity index (χ1) is 22.2. The third-order valence-corrected chi connectivity index (χ3v) is 9.74. The van der Waals surface area contributed by atoms with Crippen molar-refractivity contribution in [3.05, 3.63) is 120 Å². The Hall–Kier alpha value is -2.83. The third-order valence-electron chi connectivity index (χ3n) is 8.95. The number of nitrogens with one attached hydrogen (secondary N) is 2. The fraction of sp³-hybridized carbons (Fsp3) is 0.297. The number of likely N-dealkylation sites (tertiary alicyclic amines) is 1. The molecule has 3 unspecified atom stereocenters. The molecular weight excluding hydrogens is 723 g/mol. The first-order valence-electron chi connectivity index (χ1n) is 15.8. The highest BCUT2D eigenvalue weighted by Crippen LogP contribution is 2.51. The number of hydrogen-bond acceptors (Lipinski definition) is 4. The number of hydrogen-bond donors (Lipinski definition) is 2. The number of carbonyl (C=O) groups excluding carboxylic acids is 2. The molecule has 0 saturated carbocycles. The average Bonchev–Trinajstić information content (AvgIpc) is 3.63. The Morgan fingerprint density at radius 3 is 2.11 bits per heavy atom. The van der Waals surface area contributed by atoms with Gasteiger partial charge in [-0.1, -0.05) is 95.7 Å². The van der Waals surface area contributed by atoms with Gasteiger partial charge >= 0.3 is 0 Å². The highest BCUT2D eigenvalue weighted by Gasteiger charge is 2.48. The topological polar surface area (TPSA) is 70.7 Å². The van der Waals surface area contributed by atoms with Crippen molar-refractivity contribution in [2.45, 2.75) is 40.0 Å². The largest absolute Gasteiger partial charge is 0.457 e. The monoisotopic (exact) mass is 763 g/mol. The van der Waals surface area contributed by atoms with Crippen LogP contribution in [0.2, 0.25) is 0 Å². The normalized spacial score (nSPS) is 16.8. The van der Waals surface area contributed by atoms with Crippen LogP contribution in [-0.2, 0) is 10.2 Å². The van der Waals surface area contributed by atoms with E-state index >= 15 is 0 Å². The summed E-state index contributed by atoms with van der Waals surface area (Å²) in [6.45, 7) is 3.26. The van der Waals surface area contributed by atoms with E-state index in [0.717, 1.165) is 73.3 Å². The van der Waals surface area contributed by atoms with Crippen molar-refractivity contribution in [2.24, 2.45) is 0 Å². The van der Waals surface area contributed by atoms with E-state index in [1.807, 2.05) is 66.7 Å². The molecule has 0 spiro atoms. The number of ether oxygens (including phenoxy) is 1. The molecule has 2 aliphatic rings. The molecule has 1 heterocycles. The predicted molar refractivity (Wildman–Crippen MR) is 201 cm³/mol. The zero-order valence-corrected chi connectivity index (χ0v) is 30.2. The molecule has 6 rings (SSSR count). The third kappa shape index (κ3) is 7.49. The number of alkyl halides is 1. The summed E-state index contributed by atoms with van der Waals surface area (Å²) in [6.07, 6.45) is 3.56. The van der Waals surface area contributed by atoms with E-state index in [2.05, 4.69) is 93.0 Å². The molecule has 46 heavy (non-hydrogen) atoms. The van der Waals surface area contributed by atoms with Crippen molar-refractivity contribution >= 4 is 52.9 Å². The van der Waals surface area contributed by atoms with Crippen LogP contribution in [0.3, 0.4) is 0 Å². The molecule has 9 heteroatoms. The van der Waals surface area contributed by atoms with Crippen molar-refractivity contribution in [1.82, 2.24) is 15.5 Å². The minimum absolute atomic E-state index is 0.0592. The summed E-state index contributed by atoms with van der Waals surface area (Å²) in [4.78, 5) is 29.6. The van der Waals surface area contributed by atoms with Crippen LogP contribution < -0.4 is 15.4 Å². The minimum Gasteiger partial charge on any atom is -0.457 e. The lowest BCUT2D eigenvalue weighted by Gasteiger charge is -2.32. The molecule has 2 N–H and O–H groups in total. The predicted octanol–water partition coefficient (Wildman–Crippen LogP) is 7.38. The molecular formula is C37H40IN3O3P2. The summed E-state index contributed by atoms with van der Waals surface area (Å²) in [5, 5.41) is 6.49. The van der Waals surface area contributed by atoms with Crippen LogP contribution in [0.5, 0.6) is 11.5 Å². The number of rotatable bonds is 12. The highest BCUT2D eigenvalue weighted by atomic mass is 127. The molecule has 4 aromatic rings. The Morgan fingerprint density at radius 1 is 0.848 bits per heavy atom. The molecule has 2 amide bonds. The van der Waals surface area contributed by atoms with Gasteiger partial charge in [0, 0.05) is 31.2 Å². The molecule has 1 saturated heterocycles. The second-order valence-electron chi connectivity index (χ2n) is 12.3. The van der Waals surface area contributed by atoms with Crippen LogP contribution in [0.4, 0.5) is 0 Å². The van der Waals surface area contributed by atoms with Gasteiger partial charge in [-0.15, -0.1) is 18.5 Å². The maximum absolute atomic E-state index is 14.2. The number of nitrogens with zero attached hydrogens (tertiary/aromatic N) is 1. The smallest absolute Gasteiger partial charge is 0.251 e. The second-order valence-corrected chi connectivity index (χ2v) is 19.3. The van der Waals surface area contributed by atoms with E-state index in [1.165, 1.54) is 0 Å². The molecule has 0 radical (unpaired) electrons. The van der Waals surface area contributed by atoms with Gasteiger partial charge in [-0.25, -0.2) is 0 Å². The van der Waals surface area contributed by atoms with Gasteiger partial charge in [0.05, 0.1) is 2.90 Å². The first kappa shape index (κ1) is 33.1. The summed E-state index contributed by atoms with van der Waals surface area (Å²) in [7, 11) is 5.57. The maximum Gasteiger partial charge on any atom is 0.251 e. The number of halogens is 1. The van der Waals surface area contributed by atoms with Crippen molar-refractivity contribution in [3.8, 4) is 22.6 Å². The van der Waals surface area contributed by atoms with Crippen LogP contribution in [0.15, 0.2) is 103 Å². The lowest BCUT2D eigenvalue weighted by molar-refractivity contribution is -0.125. The van der Waals surface area contributed by atoms with Crippen molar-refractivity contribution < 1.29 is 14.3 Å². The number of amides is 2. The molecule has 1 aliphatic carbocycles. The Balaban J connectivity index is 1.04. The van der Waals surface area contributed by atoms with E-state index in [1.54, 1.807) is 0 Å². The zero-order valence-electron chi connectivity index (χ0n) is 25.8. The number of fused-ring (bicyclic) bond motifs is 3. The standard InChI is InChI=1S/C37H40IN3O3P2/c38-37(45,46)25-39-35(43)36(32-14-6-4-12-30(32)31-13-5-7-15-33(31)36)21-8-9-22-41-23-20-27(24-41)40-34(42)26-16-18-29(19-17-26)44-28-10-2-1-3-11-28/h1-7,10-19,27H,8-9,20-25,45-46H2,(H,39,43)(H,40,42). The highest BCUT2D eigenvalue weighted by molar-refractivity contribution is 14.1. The van der Waals surface area contributed by atoms with Crippen molar-refractivity contribution in [3.63, 3.8) is 0 Å². The van der Waals surface area contributed by atoms with E-state index in [4.69, 9.17) is 4.74 Å². The van der Waals surface area contributed by atoms with Crippen LogP contribution >= 0.6 is 41.1 Å². The summed E-state index contributed by atoms with van der Waals surface area (Å²) < 4.78 is 5.66. The van der Waals surface area contributed by atoms with Crippen LogP contribution in [0, 0.1) is 0 Å². The molecule has 238 valence electrons. The molecule has 0 bridgehead atoms. The maximum atomic E-state index is 14.2. The van der Waals surface area contributed by atoms with Gasteiger partial charge in [0.1, 0.15) is 16.9 Å². The lowest BCUT2D eigenvalue weighted by atomic mass is 9.73. The van der Waals surface area contributed by atoms with Gasteiger partial charge in [-0.3, -0.25) is 9.59 Å². The van der Waals surface area contributed by atoms with Gasteiger partial charge in [0.2, 0.25) is 5.91 Å². The van der Waals surface area contributed by atoms with Gasteiger partial charge < -0.3 is 20.3 Å². The van der Waals surface area contributed by atoms with E-state index in [9.17, 15) is 9.59 Å². The Bertz CT molecular complexity index is 1630. The number of carbonyl (C=O) groups is 2. The SMILES string of the molecule is O=C(NC1CCN(CCCCC2(C(=O)NCC(P)(P)I)c3ccccc3-c3ccccc32)C1)c1ccc(Oc2ccccc2)cc1. The van der Waals surface area contributed by atoms with E-state index < -0.39 is 5.41 Å². The van der Waals surface area contributed by atoms with Crippen molar-refractivity contribution in [2.75, 3.05) is 26.2 Å². The average molecular weight is 764 g/mol. The van der Waals surface area contributed by atoms with Gasteiger partial charge in [-0.2, -0.15) is 0 Å². The molecule has 3 atom stereocenters. The quantitative estimate of drug-likeness (QED) is 0.0685. The Morgan fingerprint density at radius 2 is 1.46 bits per heavy atom. The summed E-state index contributed by atoms with van der Waals surface area (Å²) in [6, 6.07) is 33.8. The second kappa shape index (κ2) is 14.5. The molecule has 6 nitrogen and oxygen atoms in total. The van der Waals surface area contributed by atoms with Gasteiger partial charge in [0.15, 0.2) is 0 Å². The Labute approximate surface area is 290 Å².